The lowest BCUT2D eigenvalue weighted by atomic mass is 9.92. The van der Waals surface area contributed by atoms with Gasteiger partial charge in [0.25, 0.3) is 0 Å². The topological polar surface area (TPSA) is 73.6 Å². The van der Waals surface area contributed by atoms with Gasteiger partial charge >= 0.3 is 0 Å². The smallest absolute Gasteiger partial charge is 0.232 e. The lowest BCUT2D eigenvalue weighted by Gasteiger charge is -2.25. The Kier molecular flexibility index (Phi) is 4.11. The highest BCUT2D eigenvalue weighted by molar-refractivity contribution is 5.97. The van der Waals surface area contributed by atoms with E-state index in [1.54, 1.807) is 19.2 Å². The molecule has 3 aromatic rings. The predicted octanol–water partition coefficient (Wildman–Crippen LogP) is 3.48. The van der Waals surface area contributed by atoms with Gasteiger partial charge in [-0.2, -0.15) is 0 Å². The predicted molar refractivity (Wildman–Crippen MR) is 92.6 cm³/mol. The maximum absolute atomic E-state index is 12.7. The monoisotopic (exact) mass is 338 g/mol. The number of anilines is 1. The number of methoxy groups -OCH3 is 1. The van der Waals surface area contributed by atoms with Crippen LogP contribution in [0.2, 0.25) is 0 Å². The van der Waals surface area contributed by atoms with E-state index in [9.17, 15) is 4.79 Å². The first-order chi connectivity index (χ1) is 12.2. The molecule has 0 spiro atoms. The fourth-order valence-corrected chi connectivity index (χ4v) is 3.08. The molecule has 6 heteroatoms. The second-order valence-corrected chi connectivity index (χ2v) is 5.94. The molecule has 25 heavy (non-hydrogen) atoms. The summed E-state index contributed by atoms with van der Waals surface area (Å²) in [6, 6.07) is 13.1. The van der Waals surface area contributed by atoms with Crippen LogP contribution < -0.4 is 10.1 Å². The molecule has 2 aromatic carbocycles. The number of ether oxygens (including phenoxy) is 2. The number of hydrogen-bond donors (Lipinski definition) is 1. The lowest BCUT2D eigenvalue weighted by molar-refractivity contribution is -0.118. The van der Waals surface area contributed by atoms with Crippen LogP contribution in [-0.2, 0) is 16.1 Å². The number of aromatic nitrogens is 1. The van der Waals surface area contributed by atoms with Crippen LogP contribution in [-0.4, -0.2) is 24.6 Å². The number of nitrogens with zero attached hydrogens (tertiary/aromatic N) is 1. The molecule has 2 heterocycles. The highest BCUT2D eigenvalue weighted by Crippen LogP contribution is 2.34. The van der Waals surface area contributed by atoms with Gasteiger partial charge in [0.2, 0.25) is 11.8 Å². The highest BCUT2D eigenvalue weighted by atomic mass is 16.5. The third-order valence-electron chi connectivity index (χ3n) is 4.24. The molecular weight excluding hydrogens is 320 g/mol. The molecule has 6 nitrogen and oxygen atoms in total. The van der Waals surface area contributed by atoms with Crippen molar-refractivity contribution < 1.29 is 18.7 Å². The number of rotatable bonds is 4. The summed E-state index contributed by atoms with van der Waals surface area (Å²) in [5, 5.41) is 2.98. The molecule has 1 N–H and O–H groups in total. The minimum absolute atomic E-state index is 0.0456. The second-order valence-electron chi connectivity index (χ2n) is 5.94. The van der Waals surface area contributed by atoms with E-state index >= 15 is 0 Å². The molecule has 0 saturated carbocycles. The quantitative estimate of drug-likeness (QED) is 0.788. The number of fused-ring (bicyclic) bond motifs is 2. The van der Waals surface area contributed by atoms with Crippen molar-refractivity contribution in [1.29, 1.82) is 0 Å². The van der Waals surface area contributed by atoms with Gasteiger partial charge in [-0.15, -0.1) is 0 Å². The van der Waals surface area contributed by atoms with Crippen molar-refractivity contribution in [2.75, 3.05) is 19.0 Å². The Morgan fingerprint density at radius 2 is 2.20 bits per heavy atom. The van der Waals surface area contributed by atoms with E-state index in [2.05, 4.69) is 10.3 Å². The molecule has 1 aliphatic heterocycles. The van der Waals surface area contributed by atoms with Gasteiger partial charge in [-0.05, 0) is 30.7 Å². The molecule has 0 unspecified atom stereocenters. The van der Waals surface area contributed by atoms with Crippen LogP contribution in [0.1, 0.15) is 23.8 Å². The number of nitrogens with one attached hydrogen (secondary N) is 1. The van der Waals surface area contributed by atoms with Crippen LogP contribution in [0.15, 0.2) is 46.9 Å². The average Bonchev–Trinajstić information content (AvgIpc) is 3.03. The number of carbonyl (C=O) groups is 1. The van der Waals surface area contributed by atoms with Crippen LogP contribution in [0.5, 0.6) is 5.75 Å². The zero-order chi connectivity index (χ0) is 17.2. The number of benzene rings is 2. The Balaban J connectivity index is 1.56. The number of amides is 1. The molecule has 1 aromatic heterocycles. The summed E-state index contributed by atoms with van der Waals surface area (Å²) in [7, 11) is 1.59. The standard InChI is InChI=1S/C19H18N2O4/c1-23-11-18-21-15-10-12(6-7-17(15)25-18)20-19(22)14-8-9-24-16-5-3-2-4-13(14)16/h2-7,10,14H,8-9,11H2,1H3,(H,20,22)/t14-/m1/s1. The normalized spacial score (nSPS) is 16.3. The fourth-order valence-electron chi connectivity index (χ4n) is 3.08. The van der Waals surface area contributed by atoms with Crippen LogP contribution >= 0.6 is 0 Å². The summed E-state index contributed by atoms with van der Waals surface area (Å²) in [6.45, 7) is 0.854. The molecule has 128 valence electrons. The van der Waals surface area contributed by atoms with Gasteiger partial charge in [0.1, 0.15) is 17.9 Å². The van der Waals surface area contributed by atoms with E-state index in [1.807, 2.05) is 30.3 Å². The Morgan fingerprint density at radius 3 is 3.08 bits per heavy atom. The third-order valence-corrected chi connectivity index (χ3v) is 4.24. The summed E-state index contributed by atoms with van der Waals surface area (Å²) in [4.78, 5) is 17.1. The van der Waals surface area contributed by atoms with Gasteiger partial charge in [0.05, 0.1) is 12.5 Å². The number of hydrogen-bond acceptors (Lipinski definition) is 5. The molecule has 0 bridgehead atoms. The maximum Gasteiger partial charge on any atom is 0.232 e. The number of carbonyl (C=O) groups excluding carboxylic acids is 1. The van der Waals surface area contributed by atoms with Crippen molar-refractivity contribution in [3.8, 4) is 5.75 Å². The first-order valence-electron chi connectivity index (χ1n) is 8.15. The van der Waals surface area contributed by atoms with E-state index in [1.165, 1.54) is 0 Å². The van der Waals surface area contributed by atoms with Crippen molar-refractivity contribution in [2.45, 2.75) is 18.9 Å². The molecule has 1 aliphatic rings. The van der Waals surface area contributed by atoms with Crippen molar-refractivity contribution in [3.05, 3.63) is 53.9 Å². The first-order valence-corrected chi connectivity index (χ1v) is 8.15. The van der Waals surface area contributed by atoms with Gasteiger partial charge in [0, 0.05) is 18.4 Å². The minimum Gasteiger partial charge on any atom is -0.493 e. The van der Waals surface area contributed by atoms with E-state index < -0.39 is 0 Å². The molecule has 0 fully saturated rings. The molecule has 1 amide bonds. The summed E-state index contributed by atoms with van der Waals surface area (Å²) in [6.07, 6.45) is 0.660. The van der Waals surface area contributed by atoms with Crippen molar-refractivity contribution in [1.82, 2.24) is 4.98 Å². The van der Waals surface area contributed by atoms with Crippen molar-refractivity contribution >= 4 is 22.7 Å². The Bertz CT molecular complexity index is 919. The molecule has 4 rings (SSSR count). The summed E-state index contributed by atoms with van der Waals surface area (Å²) < 4.78 is 16.2. The molecule has 0 radical (unpaired) electrons. The Hall–Kier alpha value is -2.86. The maximum atomic E-state index is 12.7. The van der Waals surface area contributed by atoms with Crippen LogP contribution in [0.25, 0.3) is 11.1 Å². The average molecular weight is 338 g/mol. The van der Waals surface area contributed by atoms with Gasteiger partial charge < -0.3 is 19.2 Å². The molecule has 0 aliphatic carbocycles. The van der Waals surface area contributed by atoms with Crippen LogP contribution in [0.3, 0.4) is 0 Å². The molecule has 0 saturated heterocycles. The first kappa shape index (κ1) is 15.7. The highest BCUT2D eigenvalue weighted by Gasteiger charge is 2.27. The van der Waals surface area contributed by atoms with E-state index in [0.717, 1.165) is 11.3 Å². The molecule has 1 atom stereocenters. The number of oxazole rings is 1. The molecular formula is C19H18N2O4. The van der Waals surface area contributed by atoms with E-state index in [-0.39, 0.29) is 11.8 Å². The third kappa shape index (κ3) is 3.08. The summed E-state index contributed by atoms with van der Waals surface area (Å²) in [5.74, 6) is 1.03. The minimum atomic E-state index is -0.220. The van der Waals surface area contributed by atoms with Gasteiger partial charge in [-0.1, -0.05) is 18.2 Å². The fraction of sp³-hybridized carbons (Fsp3) is 0.263. The SMILES string of the molecule is COCc1nc2cc(NC(=O)[C@@H]3CCOc4ccccc43)ccc2o1. The second kappa shape index (κ2) is 6.57. The van der Waals surface area contributed by atoms with Gasteiger partial charge in [0.15, 0.2) is 5.58 Å². The van der Waals surface area contributed by atoms with Crippen LogP contribution in [0, 0.1) is 0 Å². The van der Waals surface area contributed by atoms with Gasteiger partial charge in [-0.25, -0.2) is 4.98 Å². The van der Waals surface area contributed by atoms with Crippen molar-refractivity contribution in [3.63, 3.8) is 0 Å². The zero-order valence-corrected chi connectivity index (χ0v) is 13.8. The Morgan fingerprint density at radius 1 is 1.32 bits per heavy atom. The Labute approximate surface area is 144 Å². The largest absolute Gasteiger partial charge is 0.493 e. The van der Waals surface area contributed by atoms with Crippen LogP contribution in [0.4, 0.5) is 5.69 Å². The van der Waals surface area contributed by atoms with E-state index in [4.69, 9.17) is 13.9 Å². The van der Waals surface area contributed by atoms with Gasteiger partial charge in [-0.3, -0.25) is 4.79 Å². The lowest BCUT2D eigenvalue weighted by Crippen LogP contribution is -2.26. The van der Waals surface area contributed by atoms with Crippen molar-refractivity contribution in [2.24, 2.45) is 0 Å². The van der Waals surface area contributed by atoms with E-state index in [0.29, 0.717) is 42.3 Å². The number of para-hydroxylation sites is 1. The summed E-state index contributed by atoms with van der Waals surface area (Å²) >= 11 is 0. The zero-order valence-electron chi connectivity index (χ0n) is 13.8. The summed E-state index contributed by atoms with van der Waals surface area (Å²) in [5.41, 5.74) is 2.98.